The Morgan fingerprint density at radius 1 is 1.21 bits per heavy atom. The van der Waals surface area contributed by atoms with Gasteiger partial charge in [-0.2, -0.15) is 4.31 Å². The maximum Gasteiger partial charge on any atom is 0.353 e. The van der Waals surface area contributed by atoms with Crippen molar-refractivity contribution in [2.24, 2.45) is 10.9 Å². The molecular formula is C22H27N3O7S2. The summed E-state index contributed by atoms with van der Waals surface area (Å²) in [7, 11) is -3.45. The second kappa shape index (κ2) is 9.90. The first kappa shape index (κ1) is 24.5. The Kier molecular flexibility index (Phi) is 7.12. The standard InChI is InChI=1S/C12H14N2O5S2.C10H13NO2/c15-11(16)9-8-12(19-13-9)3-5-14(6-4-12)21(17,18)10-2-1-7-20-10;1-7(11)8-3-2-4-9-10(8)13-6-5-12-9/h1-2,7H,3-6,8H2,(H,15,16);2-4,7H,5-6,11H2,1H3. The maximum absolute atomic E-state index is 12.4. The van der Waals surface area contributed by atoms with E-state index in [4.69, 9.17) is 25.2 Å². The van der Waals surface area contributed by atoms with Gasteiger partial charge in [0.15, 0.2) is 17.2 Å². The van der Waals surface area contributed by atoms with Crippen LogP contribution in [0.15, 0.2) is 45.1 Å². The van der Waals surface area contributed by atoms with Crippen LogP contribution in [0.5, 0.6) is 11.5 Å². The molecule has 3 aliphatic heterocycles. The number of carboxylic acid groups (broad SMARTS) is 1. The van der Waals surface area contributed by atoms with Gasteiger partial charge in [-0.05, 0) is 24.4 Å². The molecule has 0 radical (unpaired) electrons. The van der Waals surface area contributed by atoms with Crippen LogP contribution in [-0.2, 0) is 19.7 Å². The van der Waals surface area contributed by atoms with Gasteiger partial charge in [0.2, 0.25) is 0 Å². The minimum atomic E-state index is -3.45. The number of piperidine rings is 1. The number of thiophene rings is 1. The molecule has 4 heterocycles. The number of fused-ring (bicyclic) bond motifs is 1. The number of ether oxygens (including phenoxy) is 2. The molecule has 12 heteroatoms. The zero-order chi connectivity index (χ0) is 24.3. The van der Waals surface area contributed by atoms with E-state index in [-0.39, 0.29) is 18.2 Å². The Morgan fingerprint density at radius 3 is 2.56 bits per heavy atom. The molecule has 0 saturated carbocycles. The molecule has 3 N–H and O–H groups in total. The number of rotatable bonds is 4. The number of nitrogens with two attached hydrogens (primary N) is 1. The van der Waals surface area contributed by atoms with Crippen LogP contribution in [0, 0.1) is 0 Å². The highest BCUT2D eigenvalue weighted by Gasteiger charge is 2.46. The van der Waals surface area contributed by atoms with Gasteiger partial charge in [-0.15, -0.1) is 11.3 Å². The van der Waals surface area contributed by atoms with E-state index >= 15 is 0 Å². The second-order valence-corrected chi connectivity index (χ2v) is 11.4. The molecule has 0 bridgehead atoms. The number of benzene rings is 1. The third kappa shape index (κ3) is 5.04. The molecule has 0 amide bonds. The Bertz CT molecular complexity index is 1160. The molecule has 1 saturated heterocycles. The van der Waals surface area contributed by atoms with Crippen molar-refractivity contribution >= 4 is 33.0 Å². The van der Waals surface area contributed by atoms with Crippen LogP contribution in [0.1, 0.15) is 37.8 Å². The third-order valence-corrected chi connectivity index (χ3v) is 9.17. The average Bonchev–Trinajstić information content (AvgIpc) is 3.51. The molecule has 184 valence electrons. The summed E-state index contributed by atoms with van der Waals surface area (Å²) in [5.41, 5.74) is 6.16. The molecule has 1 aromatic carbocycles. The van der Waals surface area contributed by atoms with Crippen LogP contribution in [0.3, 0.4) is 0 Å². The Balaban J connectivity index is 0.000000180. The first-order chi connectivity index (χ1) is 16.2. The van der Waals surface area contributed by atoms with Crippen molar-refractivity contribution < 1.29 is 32.6 Å². The zero-order valence-corrected chi connectivity index (χ0v) is 20.3. The van der Waals surface area contributed by atoms with Crippen LogP contribution in [0.2, 0.25) is 0 Å². The Hall–Kier alpha value is -2.67. The molecule has 0 aliphatic carbocycles. The van der Waals surface area contributed by atoms with Crippen molar-refractivity contribution in [1.82, 2.24) is 4.31 Å². The van der Waals surface area contributed by atoms with Crippen LogP contribution in [0.4, 0.5) is 0 Å². The highest BCUT2D eigenvalue weighted by Crippen LogP contribution is 2.37. The molecule has 34 heavy (non-hydrogen) atoms. The molecule has 1 atom stereocenters. The minimum Gasteiger partial charge on any atom is -0.486 e. The summed E-state index contributed by atoms with van der Waals surface area (Å²) in [4.78, 5) is 16.2. The summed E-state index contributed by atoms with van der Waals surface area (Å²) in [5.74, 6) is 0.533. The van der Waals surface area contributed by atoms with Gasteiger partial charge in [0.1, 0.15) is 23.0 Å². The maximum atomic E-state index is 12.4. The highest BCUT2D eigenvalue weighted by molar-refractivity contribution is 7.91. The fraction of sp³-hybridized carbons (Fsp3) is 0.455. The molecule has 1 fully saturated rings. The number of aliphatic carboxylic acids is 1. The van der Waals surface area contributed by atoms with Gasteiger partial charge in [0, 0.05) is 44.0 Å². The van der Waals surface area contributed by atoms with Crippen molar-refractivity contribution in [3.05, 3.63) is 41.3 Å². The molecule has 1 spiro atoms. The van der Waals surface area contributed by atoms with Crippen LogP contribution in [0.25, 0.3) is 0 Å². The molecular weight excluding hydrogens is 482 g/mol. The van der Waals surface area contributed by atoms with E-state index in [0.29, 0.717) is 43.4 Å². The predicted octanol–water partition coefficient (Wildman–Crippen LogP) is 2.61. The summed E-state index contributed by atoms with van der Waals surface area (Å²) in [6.45, 7) is 3.78. The minimum absolute atomic E-state index is 0.00423. The van der Waals surface area contributed by atoms with Gasteiger partial charge >= 0.3 is 5.97 Å². The van der Waals surface area contributed by atoms with Gasteiger partial charge in [-0.25, -0.2) is 13.2 Å². The van der Waals surface area contributed by atoms with E-state index in [2.05, 4.69) is 5.16 Å². The molecule has 10 nitrogen and oxygen atoms in total. The number of nitrogens with zero attached hydrogens (tertiary/aromatic N) is 2. The Labute approximate surface area is 202 Å². The average molecular weight is 510 g/mol. The fourth-order valence-electron chi connectivity index (χ4n) is 4.03. The lowest BCUT2D eigenvalue weighted by molar-refractivity contribution is -0.129. The van der Waals surface area contributed by atoms with E-state index in [1.807, 2.05) is 25.1 Å². The van der Waals surface area contributed by atoms with E-state index in [1.54, 1.807) is 17.5 Å². The van der Waals surface area contributed by atoms with Crippen molar-refractivity contribution in [3.8, 4) is 11.5 Å². The topological polar surface area (TPSA) is 141 Å². The van der Waals surface area contributed by atoms with E-state index in [0.717, 1.165) is 17.1 Å². The van der Waals surface area contributed by atoms with Crippen LogP contribution < -0.4 is 15.2 Å². The summed E-state index contributed by atoms with van der Waals surface area (Å²) < 4.78 is 37.5. The first-order valence-electron chi connectivity index (χ1n) is 10.9. The van der Waals surface area contributed by atoms with Crippen LogP contribution >= 0.6 is 11.3 Å². The van der Waals surface area contributed by atoms with Gasteiger partial charge < -0.3 is 25.2 Å². The number of carbonyl (C=O) groups is 1. The lowest BCUT2D eigenvalue weighted by Gasteiger charge is -2.36. The molecule has 1 aromatic heterocycles. The second-order valence-electron chi connectivity index (χ2n) is 8.29. The van der Waals surface area contributed by atoms with Crippen molar-refractivity contribution in [3.63, 3.8) is 0 Å². The van der Waals surface area contributed by atoms with Gasteiger partial charge in [-0.3, -0.25) is 0 Å². The number of sulfonamides is 1. The normalized spacial score (nSPS) is 20.0. The summed E-state index contributed by atoms with van der Waals surface area (Å²) in [6.07, 6.45) is 1.12. The monoisotopic (exact) mass is 509 g/mol. The van der Waals surface area contributed by atoms with Gasteiger partial charge in [0.05, 0.1) is 0 Å². The molecule has 3 aliphatic rings. The largest absolute Gasteiger partial charge is 0.486 e. The highest BCUT2D eigenvalue weighted by atomic mass is 32.2. The molecule has 1 unspecified atom stereocenters. The summed E-state index contributed by atoms with van der Waals surface area (Å²) >= 11 is 1.19. The summed E-state index contributed by atoms with van der Waals surface area (Å²) in [5, 5.41) is 14.2. The zero-order valence-electron chi connectivity index (χ0n) is 18.7. The smallest absolute Gasteiger partial charge is 0.353 e. The number of para-hydroxylation sites is 1. The first-order valence-corrected chi connectivity index (χ1v) is 13.2. The van der Waals surface area contributed by atoms with Crippen molar-refractivity contribution in [2.75, 3.05) is 26.3 Å². The number of hydrogen-bond acceptors (Lipinski definition) is 9. The number of carboxylic acids is 1. The predicted molar refractivity (Wildman–Crippen MR) is 126 cm³/mol. The summed E-state index contributed by atoms with van der Waals surface area (Å²) in [6, 6.07) is 9.08. The number of hydrogen-bond donors (Lipinski definition) is 2. The van der Waals surface area contributed by atoms with E-state index in [9.17, 15) is 13.2 Å². The van der Waals surface area contributed by atoms with Crippen LogP contribution in [-0.4, -0.2) is 61.4 Å². The molecule has 5 rings (SSSR count). The lowest BCUT2D eigenvalue weighted by atomic mass is 9.88. The quantitative estimate of drug-likeness (QED) is 0.641. The molecule has 2 aromatic rings. The SMILES string of the molecule is CC(N)c1cccc2c1OCCO2.O=C(O)C1=NOC2(CCN(S(=O)(=O)c3cccs3)CC2)C1. The van der Waals surface area contributed by atoms with E-state index < -0.39 is 21.6 Å². The van der Waals surface area contributed by atoms with Crippen molar-refractivity contribution in [1.29, 1.82) is 0 Å². The van der Waals surface area contributed by atoms with Gasteiger partial charge in [-0.1, -0.05) is 23.4 Å². The third-order valence-electron chi connectivity index (χ3n) is 5.90. The number of oxime groups is 1. The Morgan fingerprint density at radius 2 is 1.94 bits per heavy atom. The van der Waals surface area contributed by atoms with E-state index in [1.165, 1.54) is 15.6 Å². The van der Waals surface area contributed by atoms with Crippen molar-refractivity contribution in [2.45, 2.75) is 42.0 Å². The van der Waals surface area contributed by atoms with Gasteiger partial charge in [0.25, 0.3) is 10.0 Å². The lowest BCUT2D eigenvalue weighted by Crippen LogP contribution is -2.46. The fourth-order valence-corrected chi connectivity index (χ4v) is 6.62.